The lowest BCUT2D eigenvalue weighted by molar-refractivity contribution is 0.480. The Morgan fingerprint density at radius 3 is 2.47 bits per heavy atom. The van der Waals surface area contributed by atoms with E-state index in [2.05, 4.69) is 4.98 Å². The van der Waals surface area contributed by atoms with Crippen LogP contribution in [0, 0.1) is 0 Å². The number of aromatic hydroxyl groups is 1. The molecule has 0 aliphatic rings. The molecule has 0 saturated carbocycles. The lowest BCUT2D eigenvalue weighted by Crippen LogP contribution is -2.03. The maximum Gasteiger partial charge on any atom is 0.252 e. The van der Waals surface area contributed by atoms with E-state index in [1.54, 1.807) is 0 Å². The van der Waals surface area contributed by atoms with Crippen LogP contribution in [0.2, 0.25) is 15.1 Å². The van der Waals surface area contributed by atoms with E-state index in [-0.39, 0.29) is 26.2 Å². The highest BCUT2D eigenvalue weighted by atomic mass is 35.5. The van der Waals surface area contributed by atoms with Crippen molar-refractivity contribution in [2.24, 2.45) is 0 Å². The van der Waals surface area contributed by atoms with Crippen LogP contribution < -0.4 is 5.56 Å². The standard InChI is InChI=1S/C9H4Cl3NO2/c10-3-1-4-7(9(12)8(3)11)5(14)2-6(15)13-4/h1-2H,(H2,13,14,15). The largest absolute Gasteiger partial charge is 0.507 e. The van der Waals surface area contributed by atoms with Crippen LogP contribution in [-0.2, 0) is 0 Å². The molecule has 15 heavy (non-hydrogen) atoms. The summed E-state index contributed by atoms with van der Waals surface area (Å²) in [5, 5.41) is 10.3. The number of rotatable bonds is 0. The molecule has 0 radical (unpaired) electrons. The first-order chi connectivity index (χ1) is 7.00. The number of aromatic nitrogens is 1. The summed E-state index contributed by atoms with van der Waals surface area (Å²) in [7, 11) is 0. The Morgan fingerprint density at radius 1 is 1.13 bits per heavy atom. The second-order valence-electron chi connectivity index (χ2n) is 2.93. The third-order valence-corrected chi connectivity index (χ3v) is 3.21. The van der Waals surface area contributed by atoms with E-state index >= 15 is 0 Å². The van der Waals surface area contributed by atoms with Gasteiger partial charge in [-0.2, -0.15) is 0 Å². The van der Waals surface area contributed by atoms with Gasteiger partial charge in [0.15, 0.2) is 0 Å². The van der Waals surface area contributed by atoms with Crippen molar-refractivity contribution in [3.05, 3.63) is 37.6 Å². The number of aromatic amines is 1. The Kier molecular flexibility index (Phi) is 2.54. The highest BCUT2D eigenvalue weighted by Gasteiger charge is 2.13. The molecule has 0 aliphatic carbocycles. The third-order valence-electron chi connectivity index (χ3n) is 1.94. The molecule has 2 N–H and O–H groups in total. The highest BCUT2D eigenvalue weighted by molar-refractivity contribution is 6.50. The number of pyridine rings is 1. The van der Waals surface area contributed by atoms with E-state index in [0.29, 0.717) is 5.52 Å². The minimum atomic E-state index is -0.436. The van der Waals surface area contributed by atoms with Crippen LogP contribution in [0.3, 0.4) is 0 Å². The van der Waals surface area contributed by atoms with Crippen LogP contribution in [0.4, 0.5) is 0 Å². The van der Waals surface area contributed by atoms with Gasteiger partial charge in [0.1, 0.15) is 5.75 Å². The first kappa shape index (κ1) is 10.6. The summed E-state index contributed by atoms with van der Waals surface area (Å²) >= 11 is 17.5. The molecule has 2 aromatic rings. The number of halogens is 3. The molecule has 0 unspecified atom stereocenters. The molecule has 0 atom stereocenters. The predicted octanol–water partition coefficient (Wildman–Crippen LogP) is 3.19. The zero-order chi connectivity index (χ0) is 11.2. The summed E-state index contributed by atoms with van der Waals surface area (Å²) in [5.74, 6) is -0.225. The number of nitrogens with one attached hydrogen (secondary N) is 1. The fourth-order valence-corrected chi connectivity index (χ4v) is 2.01. The van der Waals surface area contributed by atoms with Crippen LogP contribution in [0.25, 0.3) is 10.9 Å². The fraction of sp³-hybridized carbons (Fsp3) is 0. The molecule has 1 aromatic heterocycles. The Labute approximate surface area is 99.2 Å². The molecule has 78 valence electrons. The topological polar surface area (TPSA) is 53.1 Å². The molecule has 1 aromatic carbocycles. The number of H-pyrrole nitrogens is 1. The molecule has 0 fully saturated rings. The van der Waals surface area contributed by atoms with Crippen LogP contribution in [0.15, 0.2) is 16.9 Å². The van der Waals surface area contributed by atoms with Gasteiger partial charge in [-0.05, 0) is 6.07 Å². The van der Waals surface area contributed by atoms with Gasteiger partial charge in [0.2, 0.25) is 0 Å². The van der Waals surface area contributed by atoms with Crippen molar-refractivity contribution < 1.29 is 5.11 Å². The summed E-state index contributed by atoms with van der Waals surface area (Å²) in [5.41, 5.74) is -0.0890. The second kappa shape index (κ2) is 3.59. The third kappa shape index (κ3) is 1.67. The average Bonchev–Trinajstić information content (AvgIpc) is 2.13. The van der Waals surface area contributed by atoms with Gasteiger partial charge < -0.3 is 10.1 Å². The maximum absolute atomic E-state index is 11.1. The van der Waals surface area contributed by atoms with Gasteiger partial charge in [-0.1, -0.05) is 34.8 Å². The van der Waals surface area contributed by atoms with E-state index in [0.717, 1.165) is 6.07 Å². The summed E-state index contributed by atoms with van der Waals surface area (Å²) in [6, 6.07) is 2.46. The van der Waals surface area contributed by atoms with Gasteiger partial charge in [-0.25, -0.2) is 0 Å². The van der Waals surface area contributed by atoms with E-state index in [9.17, 15) is 9.90 Å². The van der Waals surface area contributed by atoms with Gasteiger partial charge in [0.05, 0.1) is 26.0 Å². The molecule has 2 rings (SSSR count). The average molecular weight is 264 g/mol. The first-order valence-electron chi connectivity index (χ1n) is 3.90. The van der Waals surface area contributed by atoms with Gasteiger partial charge in [-0.3, -0.25) is 4.79 Å². The number of benzene rings is 1. The molecular formula is C9H4Cl3NO2. The van der Waals surface area contributed by atoms with Crippen molar-refractivity contribution in [3.63, 3.8) is 0 Å². The van der Waals surface area contributed by atoms with Crippen molar-refractivity contribution >= 4 is 45.7 Å². The van der Waals surface area contributed by atoms with E-state index in [1.807, 2.05) is 0 Å². The quantitative estimate of drug-likeness (QED) is 0.718. The highest BCUT2D eigenvalue weighted by Crippen LogP contribution is 2.38. The summed E-state index contributed by atoms with van der Waals surface area (Å²) < 4.78 is 0. The lowest BCUT2D eigenvalue weighted by atomic mass is 10.2. The molecule has 3 nitrogen and oxygen atoms in total. The van der Waals surface area contributed by atoms with Gasteiger partial charge in [-0.15, -0.1) is 0 Å². The van der Waals surface area contributed by atoms with Crippen LogP contribution >= 0.6 is 34.8 Å². The molecular weight excluding hydrogens is 260 g/mol. The molecule has 0 saturated heterocycles. The van der Waals surface area contributed by atoms with Crippen molar-refractivity contribution in [2.45, 2.75) is 0 Å². The smallest absolute Gasteiger partial charge is 0.252 e. The lowest BCUT2D eigenvalue weighted by Gasteiger charge is -2.05. The number of fused-ring (bicyclic) bond motifs is 1. The Morgan fingerprint density at radius 2 is 1.80 bits per heavy atom. The minimum Gasteiger partial charge on any atom is -0.507 e. The molecule has 0 amide bonds. The van der Waals surface area contributed by atoms with Crippen molar-refractivity contribution in [1.29, 1.82) is 0 Å². The summed E-state index contributed by atoms with van der Waals surface area (Å²) in [6.45, 7) is 0. The predicted molar refractivity (Wildman–Crippen MR) is 61.3 cm³/mol. The van der Waals surface area contributed by atoms with E-state index < -0.39 is 5.56 Å². The molecule has 0 spiro atoms. The number of hydrogen-bond donors (Lipinski definition) is 2. The molecule has 0 aliphatic heterocycles. The SMILES string of the molecule is O=c1cc(O)c2c(Cl)c(Cl)c(Cl)cc2[nH]1. The normalized spacial score (nSPS) is 10.9. The molecule has 1 heterocycles. The van der Waals surface area contributed by atoms with Crippen LogP contribution in [-0.4, -0.2) is 10.1 Å². The summed E-state index contributed by atoms with van der Waals surface area (Å²) in [6.07, 6.45) is 0. The Bertz CT molecular complexity index is 606. The van der Waals surface area contributed by atoms with E-state index in [1.165, 1.54) is 6.07 Å². The van der Waals surface area contributed by atoms with Gasteiger partial charge in [0.25, 0.3) is 5.56 Å². The zero-order valence-electron chi connectivity index (χ0n) is 7.14. The summed E-state index contributed by atoms with van der Waals surface area (Å²) in [4.78, 5) is 13.6. The zero-order valence-corrected chi connectivity index (χ0v) is 9.41. The van der Waals surface area contributed by atoms with Crippen molar-refractivity contribution in [1.82, 2.24) is 4.98 Å². The number of hydrogen-bond acceptors (Lipinski definition) is 2. The van der Waals surface area contributed by atoms with Crippen molar-refractivity contribution in [3.8, 4) is 5.75 Å². The van der Waals surface area contributed by atoms with Crippen LogP contribution in [0.1, 0.15) is 0 Å². The monoisotopic (exact) mass is 263 g/mol. The first-order valence-corrected chi connectivity index (χ1v) is 5.03. The van der Waals surface area contributed by atoms with Crippen LogP contribution in [0.5, 0.6) is 5.75 Å². The maximum atomic E-state index is 11.1. The molecule has 0 bridgehead atoms. The fourth-order valence-electron chi connectivity index (χ4n) is 1.31. The second-order valence-corrected chi connectivity index (χ2v) is 4.09. The Hall–Kier alpha value is -0.900. The Balaban J connectivity index is 3.05. The van der Waals surface area contributed by atoms with Crippen molar-refractivity contribution in [2.75, 3.05) is 0 Å². The van der Waals surface area contributed by atoms with Gasteiger partial charge in [0, 0.05) is 6.07 Å². The van der Waals surface area contributed by atoms with E-state index in [4.69, 9.17) is 34.8 Å². The van der Waals surface area contributed by atoms with Gasteiger partial charge >= 0.3 is 0 Å². The minimum absolute atomic E-state index is 0.118. The molecule has 6 heteroatoms.